The number of benzene rings is 1. The van der Waals surface area contributed by atoms with Crippen molar-refractivity contribution in [2.24, 2.45) is 0 Å². The van der Waals surface area contributed by atoms with Crippen LogP contribution in [0.5, 0.6) is 0 Å². The summed E-state index contributed by atoms with van der Waals surface area (Å²) in [6.07, 6.45) is 0. The van der Waals surface area contributed by atoms with Gasteiger partial charge in [-0.2, -0.15) is 0 Å². The lowest BCUT2D eigenvalue weighted by Crippen LogP contribution is -2.42. The minimum Gasteiger partial charge on any atom is -0.480 e. The highest BCUT2D eigenvalue weighted by Gasteiger charge is 2.27. The fourth-order valence-electron chi connectivity index (χ4n) is 1.55. The summed E-state index contributed by atoms with van der Waals surface area (Å²) in [5.41, 5.74) is -1.42. The molecule has 2 N–H and O–H groups in total. The van der Waals surface area contributed by atoms with Crippen molar-refractivity contribution < 1.29 is 28.4 Å². The average molecular weight is 288 g/mol. The zero-order valence-corrected chi connectivity index (χ0v) is 10.2. The summed E-state index contributed by atoms with van der Waals surface area (Å²) in [6.45, 7) is -0.176. The number of carboxylic acids is 1. The molecule has 0 saturated heterocycles. The molecule has 0 aromatic heterocycles. The quantitative estimate of drug-likeness (QED) is 0.624. The van der Waals surface area contributed by atoms with E-state index >= 15 is 0 Å². The molecule has 0 radical (unpaired) electrons. The van der Waals surface area contributed by atoms with Gasteiger partial charge in [-0.3, -0.25) is 14.9 Å². The molecule has 9 heteroatoms. The summed E-state index contributed by atoms with van der Waals surface area (Å²) in [6, 6.07) is -0.401. The second kappa shape index (κ2) is 6.04. The van der Waals surface area contributed by atoms with Crippen LogP contribution in [-0.4, -0.2) is 34.6 Å². The number of alkyl halides is 1. The van der Waals surface area contributed by atoms with E-state index in [1.807, 2.05) is 0 Å². The Bertz CT molecular complexity index is 576. The predicted octanol–water partition coefficient (Wildman–Crippen LogP) is 1.19. The van der Waals surface area contributed by atoms with Gasteiger partial charge in [0.2, 0.25) is 0 Å². The van der Waals surface area contributed by atoms with Crippen LogP contribution in [0.1, 0.15) is 15.9 Å². The van der Waals surface area contributed by atoms with Crippen LogP contribution in [0.2, 0.25) is 0 Å². The van der Waals surface area contributed by atoms with Gasteiger partial charge >= 0.3 is 5.97 Å². The smallest absolute Gasteiger partial charge is 0.328 e. The molecule has 0 aliphatic rings. The van der Waals surface area contributed by atoms with Crippen molar-refractivity contribution in [3.63, 3.8) is 0 Å². The molecular formula is C11H10F2N2O5. The predicted molar refractivity (Wildman–Crippen MR) is 62.7 cm³/mol. The van der Waals surface area contributed by atoms with Crippen LogP contribution >= 0.6 is 0 Å². The first-order chi connectivity index (χ1) is 9.27. The molecule has 1 aromatic rings. The van der Waals surface area contributed by atoms with Crippen molar-refractivity contribution in [1.29, 1.82) is 0 Å². The van der Waals surface area contributed by atoms with E-state index in [2.05, 4.69) is 0 Å². The number of rotatable bonds is 5. The van der Waals surface area contributed by atoms with E-state index in [1.165, 1.54) is 6.92 Å². The Morgan fingerprint density at radius 2 is 2.10 bits per heavy atom. The molecule has 0 heterocycles. The maximum absolute atomic E-state index is 13.2. The second-order valence-electron chi connectivity index (χ2n) is 3.89. The van der Waals surface area contributed by atoms with Gasteiger partial charge in [0, 0.05) is 5.56 Å². The van der Waals surface area contributed by atoms with Crippen molar-refractivity contribution >= 4 is 17.6 Å². The summed E-state index contributed by atoms with van der Waals surface area (Å²) in [4.78, 5) is 32.3. The number of amides is 1. The van der Waals surface area contributed by atoms with Crippen LogP contribution in [0.4, 0.5) is 14.5 Å². The molecule has 1 amide bonds. The van der Waals surface area contributed by atoms with Gasteiger partial charge in [-0.25, -0.2) is 13.6 Å². The Kier molecular flexibility index (Phi) is 4.68. The molecule has 0 saturated carbocycles. The number of nitro benzene ring substituents is 1. The van der Waals surface area contributed by atoms with Gasteiger partial charge in [0.25, 0.3) is 11.6 Å². The van der Waals surface area contributed by atoms with Crippen LogP contribution in [0.25, 0.3) is 0 Å². The van der Waals surface area contributed by atoms with Crippen molar-refractivity contribution in [2.75, 3.05) is 6.67 Å². The maximum atomic E-state index is 13.2. The normalized spacial score (nSPS) is 11.8. The first-order valence-corrected chi connectivity index (χ1v) is 5.32. The molecule has 1 rings (SSSR count). The number of halogens is 2. The number of nitrogens with one attached hydrogen (secondary N) is 1. The van der Waals surface area contributed by atoms with Crippen LogP contribution in [0.3, 0.4) is 0 Å². The molecule has 7 nitrogen and oxygen atoms in total. The molecule has 0 fully saturated rings. The number of carbonyl (C=O) groups excluding carboxylic acids is 1. The van der Waals surface area contributed by atoms with Crippen LogP contribution in [0.15, 0.2) is 12.1 Å². The molecule has 1 atom stereocenters. The van der Waals surface area contributed by atoms with E-state index in [0.29, 0.717) is 6.07 Å². The number of nitrogens with zero attached hydrogens (tertiary/aromatic N) is 1. The summed E-state index contributed by atoms with van der Waals surface area (Å²) >= 11 is 0. The number of hydrogen-bond donors (Lipinski definition) is 2. The monoisotopic (exact) mass is 288 g/mol. The van der Waals surface area contributed by atoms with E-state index in [-0.39, 0.29) is 5.56 Å². The third-order valence-electron chi connectivity index (χ3n) is 2.45. The molecule has 1 unspecified atom stereocenters. The molecule has 0 aliphatic heterocycles. The first-order valence-electron chi connectivity index (χ1n) is 5.32. The number of aryl methyl sites for hydroxylation is 1. The Morgan fingerprint density at radius 3 is 2.55 bits per heavy atom. The second-order valence-corrected chi connectivity index (χ2v) is 3.89. The fraction of sp³-hybridized carbons (Fsp3) is 0.273. The third-order valence-corrected chi connectivity index (χ3v) is 2.45. The molecule has 1 aromatic carbocycles. The minimum absolute atomic E-state index is 0.104. The SMILES string of the molecule is Cc1cc(F)cc(C(=O)NC(CF)C(=O)O)c1[N+](=O)[O-]. The van der Waals surface area contributed by atoms with Crippen molar-refractivity contribution in [2.45, 2.75) is 13.0 Å². The molecular weight excluding hydrogens is 278 g/mol. The van der Waals surface area contributed by atoms with Gasteiger partial charge in [0.05, 0.1) is 4.92 Å². The average Bonchev–Trinajstić information content (AvgIpc) is 2.33. The zero-order chi connectivity index (χ0) is 15.4. The van der Waals surface area contributed by atoms with E-state index in [1.54, 1.807) is 5.32 Å². The van der Waals surface area contributed by atoms with E-state index in [0.717, 1.165) is 6.07 Å². The zero-order valence-electron chi connectivity index (χ0n) is 10.2. The standard InChI is InChI=1S/C11H10F2N2O5/c1-5-2-6(13)3-7(9(5)15(19)20)10(16)14-8(4-12)11(17)18/h2-3,8H,4H2,1H3,(H,14,16)(H,17,18). The van der Waals surface area contributed by atoms with Crippen molar-refractivity contribution in [3.05, 3.63) is 39.2 Å². The molecule has 0 spiro atoms. The van der Waals surface area contributed by atoms with Gasteiger partial charge in [0.1, 0.15) is 18.1 Å². The Hall–Kier alpha value is -2.58. The van der Waals surface area contributed by atoms with Gasteiger partial charge in [-0.15, -0.1) is 0 Å². The van der Waals surface area contributed by atoms with Gasteiger partial charge < -0.3 is 10.4 Å². The van der Waals surface area contributed by atoms with E-state index in [9.17, 15) is 28.5 Å². The largest absolute Gasteiger partial charge is 0.480 e. The lowest BCUT2D eigenvalue weighted by atomic mass is 10.1. The van der Waals surface area contributed by atoms with Gasteiger partial charge in [0.15, 0.2) is 6.04 Å². The summed E-state index contributed by atoms with van der Waals surface area (Å²) in [5.74, 6) is -3.77. The third kappa shape index (κ3) is 3.25. The minimum atomic E-state index is -1.86. The highest BCUT2D eigenvalue weighted by molar-refractivity contribution is 6.00. The first kappa shape index (κ1) is 15.5. The van der Waals surface area contributed by atoms with Crippen molar-refractivity contribution in [3.8, 4) is 0 Å². The van der Waals surface area contributed by atoms with Gasteiger partial charge in [-0.05, 0) is 19.1 Å². The number of aliphatic carboxylic acids is 1. The van der Waals surface area contributed by atoms with Crippen LogP contribution < -0.4 is 5.32 Å². The Labute approximate surface area is 111 Å². The number of nitro groups is 1. The van der Waals surface area contributed by atoms with Crippen LogP contribution in [-0.2, 0) is 4.79 Å². The molecule has 0 aliphatic carbocycles. The topological polar surface area (TPSA) is 110 Å². The maximum Gasteiger partial charge on any atom is 0.328 e. The highest BCUT2D eigenvalue weighted by atomic mass is 19.1. The molecule has 20 heavy (non-hydrogen) atoms. The molecule has 0 bridgehead atoms. The van der Waals surface area contributed by atoms with E-state index in [4.69, 9.17) is 5.11 Å². The number of hydrogen-bond acceptors (Lipinski definition) is 4. The summed E-state index contributed by atoms with van der Waals surface area (Å²) < 4.78 is 25.6. The highest BCUT2D eigenvalue weighted by Crippen LogP contribution is 2.24. The van der Waals surface area contributed by atoms with Crippen molar-refractivity contribution in [1.82, 2.24) is 5.32 Å². The van der Waals surface area contributed by atoms with Crippen LogP contribution in [0, 0.1) is 22.9 Å². The number of carboxylic acid groups (broad SMARTS) is 1. The lowest BCUT2D eigenvalue weighted by Gasteiger charge is -2.11. The summed E-state index contributed by atoms with van der Waals surface area (Å²) in [5, 5.41) is 21.2. The lowest BCUT2D eigenvalue weighted by molar-refractivity contribution is -0.385. The summed E-state index contributed by atoms with van der Waals surface area (Å²) in [7, 11) is 0. The fourth-order valence-corrected chi connectivity index (χ4v) is 1.55. The van der Waals surface area contributed by atoms with E-state index < -0.39 is 46.6 Å². The number of carbonyl (C=O) groups is 2. The Balaban J connectivity index is 3.21. The Morgan fingerprint density at radius 1 is 1.50 bits per heavy atom. The molecule has 108 valence electrons. The van der Waals surface area contributed by atoms with Gasteiger partial charge in [-0.1, -0.05) is 0 Å².